The van der Waals surface area contributed by atoms with Crippen molar-refractivity contribution in [3.05, 3.63) is 62.6 Å². The van der Waals surface area contributed by atoms with E-state index in [2.05, 4.69) is 5.32 Å². The van der Waals surface area contributed by atoms with Crippen LogP contribution in [0.1, 0.15) is 20.7 Å². The Balaban J connectivity index is 2.31. The molecule has 0 heterocycles. The van der Waals surface area contributed by atoms with Crippen molar-refractivity contribution >= 4 is 52.4 Å². The third-order valence-electron chi connectivity index (χ3n) is 2.59. The van der Waals surface area contributed by atoms with Crippen molar-refractivity contribution in [1.29, 1.82) is 0 Å². The maximum absolute atomic E-state index is 12.1. The predicted octanol–water partition coefficient (Wildman–Crippen LogP) is 4.60. The number of anilines is 1. The predicted molar refractivity (Wildman–Crippen MR) is 82.8 cm³/mol. The molecule has 0 spiro atoms. The number of carboxylic acid groups (broad SMARTS) is 1. The molecule has 2 aromatic carbocycles. The molecule has 0 aliphatic carbocycles. The number of halogens is 3. The number of hydrogen-bond donors (Lipinski definition) is 2. The fraction of sp³-hybridized carbons (Fsp3) is 0. The van der Waals surface area contributed by atoms with Crippen molar-refractivity contribution in [2.45, 2.75) is 0 Å². The van der Waals surface area contributed by atoms with E-state index in [1.807, 2.05) is 0 Å². The molecule has 108 valence electrons. The summed E-state index contributed by atoms with van der Waals surface area (Å²) in [5, 5.41) is 12.3. The third-order valence-corrected chi connectivity index (χ3v) is 3.35. The Hall–Kier alpha value is -1.75. The average Bonchev–Trinajstić information content (AvgIpc) is 2.39. The van der Waals surface area contributed by atoms with Gasteiger partial charge in [0.2, 0.25) is 0 Å². The van der Waals surface area contributed by atoms with Crippen molar-refractivity contribution < 1.29 is 14.7 Å². The van der Waals surface area contributed by atoms with E-state index >= 15 is 0 Å². The lowest BCUT2D eigenvalue weighted by atomic mass is 10.1. The van der Waals surface area contributed by atoms with Crippen LogP contribution in [0.4, 0.5) is 5.69 Å². The SMILES string of the molecule is O=C(O)c1ccc(Cl)c(NC(=O)c2cc(Cl)cc(Cl)c2)c1. The van der Waals surface area contributed by atoms with E-state index in [1.54, 1.807) is 0 Å². The first-order valence-electron chi connectivity index (χ1n) is 5.67. The molecule has 0 aromatic heterocycles. The van der Waals surface area contributed by atoms with Gasteiger partial charge in [-0.3, -0.25) is 4.79 Å². The standard InChI is InChI=1S/C14H8Cl3NO3/c15-9-3-8(4-10(16)6-9)13(19)18-12-5-7(14(20)21)1-2-11(12)17/h1-6H,(H,18,19)(H,20,21). The summed E-state index contributed by atoms with van der Waals surface area (Å²) in [6, 6.07) is 8.39. The zero-order valence-electron chi connectivity index (χ0n) is 10.4. The average molecular weight is 345 g/mol. The number of amides is 1. The molecule has 0 aliphatic heterocycles. The molecule has 0 bridgehead atoms. The van der Waals surface area contributed by atoms with Crippen LogP contribution >= 0.6 is 34.8 Å². The number of nitrogens with one attached hydrogen (secondary N) is 1. The van der Waals surface area contributed by atoms with Gasteiger partial charge in [-0.15, -0.1) is 0 Å². The van der Waals surface area contributed by atoms with Crippen LogP contribution in [0.5, 0.6) is 0 Å². The van der Waals surface area contributed by atoms with Gasteiger partial charge < -0.3 is 10.4 Å². The summed E-state index contributed by atoms with van der Waals surface area (Å²) >= 11 is 17.6. The summed E-state index contributed by atoms with van der Waals surface area (Å²) in [4.78, 5) is 23.0. The van der Waals surface area contributed by atoms with Crippen LogP contribution in [-0.4, -0.2) is 17.0 Å². The molecule has 2 aromatic rings. The third kappa shape index (κ3) is 3.88. The fourth-order valence-electron chi connectivity index (χ4n) is 1.63. The van der Waals surface area contributed by atoms with Gasteiger partial charge >= 0.3 is 5.97 Å². The van der Waals surface area contributed by atoms with Crippen molar-refractivity contribution in [1.82, 2.24) is 0 Å². The topological polar surface area (TPSA) is 66.4 Å². The Labute approximate surface area is 135 Å². The molecule has 0 saturated carbocycles. The summed E-state index contributed by atoms with van der Waals surface area (Å²) in [5.41, 5.74) is 0.445. The van der Waals surface area contributed by atoms with Crippen molar-refractivity contribution in [2.75, 3.05) is 5.32 Å². The van der Waals surface area contributed by atoms with Gasteiger partial charge in [0.25, 0.3) is 5.91 Å². The van der Waals surface area contributed by atoms with E-state index in [-0.39, 0.29) is 21.8 Å². The van der Waals surface area contributed by atoms with Crippen LogP contribution in [-0.2, 0) is 0 Å². The van der Waals surface area contributed by atoms with Gasteiger partial charge in [0.05, 0.1) is 16.3 Å². The van der Waals surface area contributed by atoms with Gasteiger partial charge in [-0.25, -0.2) is 4.79 Å². The summed E-state index contributed by atoms with van der Waals surface area (Å²) in [7, 11) is 0. The van der Waals surface area contributed by atoms with Gasteiger partial charge in [0, 0.05) is 15.6 Å². The van der Waals surface area contributed by atoms with E-state index < -0.39 is 11.9 Å². The molecule has 0 radical (unpaired) electrons. The van der Waals surface area contributed by atoms with E-state index in [4.69, 9.17) is 39.9 Å². The van der Waals surface area contributed by atoms with Crippen LogP contribution < -0.4 is 5.32 Å². The van der Waals surface area contributed by atoms with Crippen LogP contribution in [0.25, 0.3) is 0 Å². The Morgan fingerprint density at radius 2 is 1.52 bits per heavy atom. The van der Waals surface area contributed by atoms with Crippen molar-refractivity contribution in [3.63, 3.8) is 0 Å². The summed E-state index contributed by atoms with van der Waals surface area (Å²) in [6.07, 6.45) is 0. The Morgan fingerprint density at radius 3 is 2.10 bits per heavy atom. The molecular formula is C14H8Cl3NO3. The molecule has 7 heteroatoms. The lowest BCUT2D eigenvalue weighted by molar-refractivity contribution is 0.0696. The second-order valence-electron chi connectivity index (χ2n) is 4.11. The molecule has 0 saturated heterocycles. The highest BCUT2D eigenvalue weighted by Crippen LogP contribution is 2.25. The Bertz CT molecular complexity index is 711. The van der Waals surface area contributed by atoms with Gasteiger partial charge in [0.15, 0.2) is 0 Å². The van der Waals surface area contributed by atoms with E-state index in [1.165, 1.54) is 36.4 Å². The van der Waals surface area contributed by atoms with Gasteiger partial charge in [-0.2, -0.15) is 0 Å². The van der Waals surface area contributed by atoms with Crippen LogP contribution in [0.2, 0.25) is 15.1 Å². The highest BCUT2D eigenvalue weighted by Gasteiger charge is 2.12. The number of carboxylic acids is 1. The molecule has 2 rings (SSSR count). The summed E-state index contributed by atoms with van der Waals surface area (Å²) < 4.78 is 0. The molecule has 0 unspecified atom stereocenters. The molecule has 21 heavy (non-hydrogen) atoms. The van der Waals surface area contributed by atoms with Gasteiger partial charge in [-0.1, -0.05) is 34.8 Å². The van der Waals surface area contributed by atoms with Gasteiger partial charge in [-0.05, 0) is 36.4 Å². The lowest BCUT2D eigenvalue weighted by Gasteiger charge is -2.09. The maximum atomic E-state index is 12.1. The van der Waals surface area contributed by atoms with Crippen LogP contribution in [0.15, 0.2) is 36.4 Å². The fourth-order valence-corrected chi connectivity index (χ4v) is 2.32. The quantitative estimate of drug-likeness (QED) is 0.855. The molecule has 4 nitrogen and oxygen atoms in total. The molecular weight excluding hydrogens is 337 g/mol. The lowest BCUT2D eigenvalue weighted by Crippen LogP contribution is -2.13. The first-order chi connectivity index (χ1) is 9.86. The number of hydrogen-bond acceptors (Lipinski definition) is 2. The second kappa shape index (κ2) is 6.35. The highest BCUT2D eigenvalue weighted by atomic mass is 35.5. The molecule has 0 atom stereocenters. The van der Waals surface area contributed by atoms with Crippen molar-refractivity contribution in [3.8, 4) is 0 Å². The summed E-state index contributed by atoms with van der Waals surface area (Å²) in [5.74, 6) is -1.61. The van der Waals surface area contributed by atoms with Crippen LogP contribution in [0, 0.1) is 0 Å². The smallest absolute Gasteiger partial charge is 0.335 e. The van der Waals surface area contributed by atoms with Crippen LogP contribution in [0.3, 0.4) is 0 Å². The minimum Gasteiger partial charge on any atom is -0.478 e. The first-order valence-corrected chi connectivity index (χ1v) is 6.80. The van der Waals surface area contributed by atoms with E-state index in [0.29, 0.717) is 10.0 Å². The minimum atomic E-state index is -1.12. The number of carbonyl (C=O) groups is 2. The number of benzene rings is 2. The largest absolute Gasteiger partial charge is 0.478 e. The highest BCUT2D eigenvalue weighted by molar-refractivity contribution is 6.36. The number of carbonyl (C=O) groups excluding carboxylic acids is 1. The normalized spacial score (nSPS) is 10.2. The monoisotopic (exact) mass is 343 g/mol. The maximum Gasteiger partial charge on any atom is 0.335 e. The zero-order chi connectivity index (χ0) is 15.6. The van der Waals surface area contributed by atoms with Gasteiger partial charge in [0.1, 0.15) is 0 Å². The molecule has 0 fully saturated rings. The van der Waals surface area contributed by atoms with E-state index in [9.17, 15) is 9.59 Å². The minimum absolute atomic E-state index is 0.0128. The summed E-state index contributed by atoms with van der Waals surface area (Å²) in [6.45, 7) is 0. The molecule has 2 N–H and O–H groups in total. The molecule has 0 aliphatic rings. The Morgan fingerprint density at radius 1 is 0.905 bits per heavy atom. The molecule has 1 amide bonds. The van der Waals surface area contributed by atoms with E-state index in [0.717, 1.165) is 0 Å². The van der Waals surface area contributed by atoms with Crippen molar-refractivity contribution in [2.24, 2.45) is 0 Å². The Kier molecular flexibility index (Phi) is 4.73. The first kappa shape index (κ1) is 15.6. The zero-order valence-corrected chi connectivity index (χ0v) is 12.6. The number of aromatic carboxylic acids is 1. The second-order valence-corrected chi connectivity index (χ2v) is 5.39. The number of rotatable bonds is 3.